The third-order valence-corrected chi connectivity index (χ3v) is 2.70. The van der Waals surface area contributed by atoms with Crippen molar-refractivity contribution in [1.82, 2.24) is 4.90 Å². The molecule has 0 bridgehead atoms. The van der Waals surface area contributed by atoms with Gasteiger partial charge in [0.05, 0.1) is 19.3 Å². The summed E-state index contributed by atoms with van der Waals surface area (Å²) >= 11 is 0. The molecule has 1 aromatic carbocycles. The van der Waals surface area contributed by atoms with E-state index in [1.54, 1.807) is 6.07 Å². The Hall–Kier alpha value is -1.26. The second-order valence-corrected chi connectivity index (χ2v) is 4.89. The van der Waals surface area contributed by atoms with E-state index in [0.29, 0.717) is 12.4 Å². The minimum absolute atomic E-state index is 0.191. The van der Waals surface area contributed by atoms with Gasteiger partial charge in [-0.1, -0.05) is 6.07 Å². The van der Waals surface area contributed by atoms with Crippen LogP contribution in [0.2, 0.25) is 0 Å². The minimum Gasteiger partial charge on any atom is -0.504 e. The number of likely N-dealkylation sites (N-methyl/N-ethyl adjacent to an activating group) is 1. The van der Waals surface area contributed by atoms with Crippen LogP contribution in [0.5, 0.6) is 11.5 Å². The van der Waals surface area contributed by atoms with Gasteiger partial charge in [-0.15, -0.1) is 0 Å². The van der Waals surface area contributed by atoms with Crippen molar-refractivity contribution >= 4 is 0 Å². The molecule has 0 amide bonds. The summed E-state index contributed by atoms with van der Waals surface area (Å²) < 4.78 is 10.9. The van der Waals surface area contributed by atoms with Crippen LogP contribution < -0.4 is 4.74 Å². The highest BCUT2D eigenvalue weighted by atomic mass is 16.5. The quantitative estimate of drug-likeness (QED) is 0.786. The lowest BCUT2D eigenvalue weighted by molar-refractivity contribution is 0.0627. The van der Waals surface area contributed by atoms with Crippen molar-refractivity contribution in [2.45, 2.75) is 33.4 Å². The van der Waals surface area contributed by atoms with E-state index in [4.69, 9.17) is 9.47 Å². The van der Waals surface area contributed by atoms with Crippen LogP contribution >= 0.6 is 0 Å². The van der Waals surface area contributed by atoms with Crippen molar-refractivity contribution in [2.24, 2.45) is 0 Å². The zero-order valence-electron chi connectivity index (χ0n) is 12.3. The standard InChI is InChI=1S/C15H25NO3/c1-5-18-15-10-13(6-7-14(15)17)11-16(4)8-9-19-12(2)3/h6-7,10,12,17H,5,8-9,11H2,1-4H3. The molecule has 1 rings (SSSR count). The van der Waals surface area contributed by atoms with Crippen LogP contribution in [0.3, 0.4) is 0 Å². The Balaban J connectivity index is 2.49. The van der Waals surface area contributed by atoms with Crippen LogP contribution in [-0.4, -0.2) is 42.9 Å². The van der Waals surface area contributed by atoms with E-state index >= 15 is 0 Å². The van der Waals surface area contributed by atoms with Gasteiger partial charge < -0.3 is 14.6 Å². The molecule has 0 aliphatic rings. The van der Waals surface area contributed by atoms with Crippen molar-refractivity contribution < 1.29 is 14.6 Å². The second kappa shape index (κ2) is 8.02. The number of nitrogens with zero attached hydrogens (tertiary/aromatic N) is 1. The Kier molecular flexibility index (Phi) is 6.67. The highest BCUT2D eigenvalue weighted by Crippen LogP contribution is 2.27. The van der Waals surface area contributed by atoms with Crippen LogP contribution in [0.1, 0.15) is 26.3 Å². The highest BCUT2D eigenvalue weighted by molar-refractivity contribution is 5.41. The second-order valence-electron chi connectivity index (χ2n) is 4.89. The Labute approximate surface area is 115 Å². The predicted octanol–water partition coefficient (Wildman–Crippen LogP) is 2.65. The van der Waals surface area contributed by atoms with Crippen molar-refractivity contribution in [3.05, 3.63) is 23.8 Å². The first-order valence-corrected chi connectivity index (χ1v) is 6.77. The maximum absolute atomic E-state index is 9.64. The fraction of sp³-hybridized carbons (Fsp3) is 0.600. The summed E-state index contributed by atoms with van der Waals surface area (Å²) in [6, 6.07) is 5.48. The Morgan fingerprint density at radius 1 is 1.32 bits per heavy atom. The van der Waals surface area contributed by atoms with Crippen LogP contribution in [0.4, 0.5) is 0 Å². The molecule has 0 aliphatic heterocycles. The van der Waals surface area contributed by atoms with E-state index in [1.165, 1.54) is 0 Å². The summed E-state index contributed by atoms with van der Waals surface area (Å²) in [5, 5.41) is 9.64. The fourth-order valence-corrected chi connectivity index (χ4v) is 1.76. The summed E-state index contributed by atoms with van der Waals surface area (Å²) in [5.41, 5.74) is 1.12. The monoisotopic (exact) mass is 267 g/mol. The molecule has 0 heterocycles. The van der Waals surface area contributed by atoms with Gasteiger partial charge in [-0.3, -0.25) is 4.90 Å². The summed E-state index contributed by atoms with van der Waals surface area (Å²) in [4.78, 5) is 2.19. The van der Waals surface area contributed by atoms with Gasteiger partial charge in [-0.25, -0.2) is 0 Å². The topological polar surface area (TPSA) is 41.9 Å². The molecule has 0 unspecified atom stereocenters. The summed E-state index contributed by atoms with van der Waals surface area (Å²) in [6.07, 6.45) is 0.270. The molecular formula is C15H25NO3. The molecule has 0 aliphatic carbocycles. The first kappa shape index (κ1) is 15.8. The molecule has 19 heavy (non-hydrogen) atoms. The van der Waals surface area contributed by atoms with Crippen molar-refractivity contribution in [1.29, 1.82) is 0 Å². The Morgan fingerprint density at radius 2 is 2.05 bits per heavy atom. The molecular weight excluding hydrogens is 242 g/mol. The van der Waals surface area contributed by atoms with Crippen LogP contribution in [-0.2, 0) is 11.3 Å². The number of phenolic OH excluding ortho intramolecular Hbond substituents is 1. The van der Waals surface area contributed by atoms with Gasteiger partial charge in [0.2, 0.25) is 0 Å². The molecule has 0 saturated carbocycles. The molecule has 1 N–H and O–H groups in total. The van der Waals surface area contributed by atoms with Crippen molar-refractivity contribution in [3.63, 3.8) is 0 Å². The molecule has 4 nitrogen and oxygen atoms in total. The SMILES string of the molecule is CCOc1cc(CN(C)CCOC(C)C)ccc1O. The number of hydrogen-bond acceptors (Lipinski definition) is 4. The average Bonchev–Trinajstić information content (AvgIpc) is 2.33. The number of aromatic hydroxyl groups is 1. The van der Waals surface area contributed by atoms with E-state index in [0.717, 1.165) is 25.3 Å². The normalized spacial score (nSPS) is 11.3. The maximum Gasteiger partial charge on any atom is 0.161 e. The van der Waals surface area contributed by atoms with E-state index < -0.39 is 0 Å². The number of hydrogen-bond donors (Lipinski definition) is 1. The third-order valence-electron chi connectivity index (χ3n) is 2.70. The maximum atomic E-state index is 9.64. The van der Waals surface area contributed by atoms with Gasteiger partial charge in [0.25, 0.3) is 0 Å². The number of benzene rings is 1. The molecule has 4 heteroatoms. The van der Waals surface area contributed by atoms with Gasteiger partial charge >= 0.3 is 0 Å². The fourth-order valence-electron chi connectivity index (χ4n) is 1.76. The highest BCUT2D eigenvalue weighted by Gasteiger charge is 2.06. The zero-order valence-corrected chi connectivity index (χ0v) is 12.3. The smallest absolute Gasteiger partial charge is 0.161 e. The van der Waals surface area contributed by atoms with E-state index in [9.17, 15) is 5.11 Å². The molecule has 1 aromatic rings. The molecule has 0 spiro atoms. The number of rotatable bonds is 8. The summed E-state index contributed by atoms with van der Waals surface area (Å²) in [6.45, 7) is 8.94. The van der Waals surface area contributed by atoms with E-state index in [2.05, 4.69) is 11.9 Å². The van der Waals surface area contributed by atoms with Crippen LogP contribution in [0.15, 0.2) is 18.2 Å². The lowest BCUT2D eigenvalue weighted by Crippen LogP contribution is -2.24. The lowest BCUT2D eigenvalue weighted by Gasteiger charge is -2.18. The Bertz CT molecular complexity index is 380. The summed E-state index contributed by atoms with van der Waals surface area (Å²) in [5.74, 6) is 0.739. The van der Waals surface area contributed by atoms with Crippen LogP contribution in [0.25, 0.3) is 0 Å². The Morgan fingerprint density at radius 3 is 2.68 bits per heavy atom. The molecule has 0 radical (unpaired) electrons. The van der Waals surface area contributed by atoms with Gasteiger partial charge in [-0.2, -0.15) is 0 Å². The third kappa shape index (κ3) is 5.94. The van der Waals surface area contributed by atoms with E-state index in [-0.39, 0.29) is 11.9 Å². The van der Waals surface area contributed by atoms with Crippen molar-refractivity contribution in [2.75, 3.05) is 26.8 Å². The first-order chi connectivity index (χ1) is 9.02. The van der Waals surface area contributed by atoms with E-state index in [1.807, 2.05) is 32.9 Å². The molecule has 108 valence electrons. The zero-order chi connectivity index (χ0) is 14.3. The lowest BCUT2D eigenvalue weighted by atomic mass is 10.2. The van der Waals surface area contributed by atoms with Crippen LogP contribution in [0, 0.1) is 0 Å². The molecule has 0 saturated heterocycles. The minimum atomic E-state index is 0.191. The largest absolute Gasteiger partial charge is 0.504 e. The first-order valence-electron chi connectivity index (χ1n) is 6.77. The van der Waals surface area contributed by atoms with Gasteiger partial charge in [0.1, 0.15) is 0 Å². The van der Waals surface area contributed by atoms with Gasteiger partial charge in [0, 0.05) is 13.1 Å². The van der Waals surface area contributed by atoms with Gasteiger partial charge in [0.15, 0.2) is 11.5 Å². The number of phenols is 1. The molecule has 0 aromatic heterocycles. The average molecular weight is 267 g/mol. The molecule has 0 atom stereocenters. The predicted molar refractivity (Wildman–Crippen MR) is 76.7 cm³/mol. The molecule has 0 fully saturated rings. The number of ether oxygens (including phenoxy) is 2. The summed E-state index contributed by atoms with van der Waals surface area (Å²) in [7, 11) is 2.05. The van der Waals surface area contributed by atoms with Crippen molar-refractivity contribution in [3.8, 4) is 11.5 Å². The van der Waals surface area contributed by atoms with Gasteiger partial charge in [-0.05, 0) is 45.5 Å².